The first kappa shape index (κ1) is 14.0. The van der Waals surface area contributed by atoms with Gasteiger partial charge < -0.3 is 10.1 Å². The summed E-state index contributed by atoms with van der Waals surface area (Å²) in [6.07, 6.45) is 3.54. The van der Waals surface area contributed by atoms with E-state index >= 15 is 0 Å². The fraction of sp³-hybridized carbons (Fsp3) is 0.368. The molecule has 0 aliphatic carbocycles. The van der Waals surface area contributed by atoms with Gasteiger partial charge in [0.15, 0.2) is 0 Å². The van der Waals surface area contributed by atoms with Crippen LogP contribution in [-0.4, -0.2) is 12.6 Å². The first-order chi connectivity index (χ1) is 10.2. The second-order valence-electron chi connectivity index (χ2n) is 5.97. The summed E-state index contributed by atoms with van der Waals surface area (Å²) in [5, 5.41) is 3.47. The molecule has 1 aliphatic heterocycles. The zero-order valence-electron chi connectivity index (χ0n) is 12.9. The van der Waals surface area contributed by atoms with Crippen LogP contribution in [0.3, 0.4) is 0 Å². The van der Waals surface area contributed by atoms with E-state index in [1.165, 1.54) is 35.2 Å². The van der Waals surface area contributed by atoms with Gasteiger partial charge in [-0.3, -0.25) is 0 Å². The molecule has 0 atom stereocenters. The number of para-hydroxylation sites is 1. The number of ether oxygens (including phenoxy) is 1. The molecule has 0 saturated carbocycles. The molecule has 110 valence electrons. The molecule has 2 aromatic carbocycles. The highest BCUT2D eigenvalue weighted by molar-refractivity contribution is 5.55. The topological polar surface area (TPSA) is 21.3 Å². The zero-order valence-corrected chi connectivity index (χ0v) is 12.9. The summed E-state index contributed by atoms with van der Waals surface area (Å²) < 4.78 is 5.92. The van der Waals surface area contributed by atoms with Crippen molar-refractivity contribution in [3.8, 4) is 5.75 Å². The van der Waals surface area contributed by atoms with Gasteiger partial charge in [0.05, 0.1) is 6.10 Å². The first-order valence-corrected chi connectivity index (χ1v) is 7.82. The zero-order chi connectivity index (χ0) is 14.7. The van der Waals surface area contributed by atoms with Crippen LogP contribution >= 0.6 is 0 Å². The number of benzene rings is 2. The van der Waals surface area contributed by atoms with Crippen molar-refractivity contribution in [1.82, 2.24) is 0 Å². The Morgan fingerprint density at radius 3 is 2.86 bits per heavy atom. The van der Waals surface area contributed by atoms with Gasteiger partial charge in [0.25, 0.3) is 0 Å². The highest BCUT2D eigenvalue weighted by Crippen LogP contribution is 2.27. The molecule has 0 unspecified atom stereocenters. The average Bonchev–Trinajstić information content (AvgIpc) is 2.49. The van der Waals surface area contributed by atoms with E-state index < -0.39 is 0 Å². The van der Waals surface area contributed by atoms with Gasteiger partial charge in [-0.1, -0.05) is 30.3 Å². The predicted molar refractivity (Wildman–Crippen MR) is 88.3 cm³/mol. The molecule has 0 aromatic heterocycles. The Bertz CT molecular complexity index is 619. The van der Waals surface area contributed by atoms with Crippen LogP contribution in [0.4, 0.5) is 5.69 Å². The van der Waals surface area contributed by atoms with Crippen molar-refractivity contribution in [3.05, 3.63) is 59.2 Å². The van der Waals surface area contributed by atoms with Gasteiger partial charge in [-0.05, 0) is 55.5 Å². The van der Waals surface area contributed by atoms with Crippen LogP contribution in [-0.2, 0) is 12.8 Å². The molecule has 0 amide bonds. The van der Waals surface area contributed by atoms with E-state index in [9.17, 15) is 0 Å². The molecule has 1 aliphatic rings. The van der Waals surface area contributed by atoms with Gasteiger partial charge in [0, 0.05) is 18.7 Å². The van der Waals surface area contributed by atoms with Crippen LogP contribution < -0.4 is 10.1 Å². The van der Waals surface area contributed by atoms with E-state index in [4.69, 9.17) is 4.74 Å². The Morgan fingerprint density at radius 1 is 1.14 bits per heavy atom. The van der Waals surface area contributed by atoms with Crippen LogP contribution in [0.15, 0.2) is 42.5 Å². The summed E-state index contributed by atoms with van der Waals surface area (Å²) >= 11 is 0. The van der Waals surface area contributed by atoms with E-state index in [2.05, 4.69) is 55.6 Å². The second kappa shape index (κ2) is 6.21. The standard InChI is InChI=1S/C19H23NO/c1-14(2)21-19-8-4-3-6-17(19)13-15-9-10-18-16(12-15)7-5-11-20-18/h3-4,6,8-10,12,14,20H,5,7,11,13H2,1-2H3. The van der Waals surface area contributed by atoms with Gasteiger partial charge in [-0.15, -0.1) is 0 Å². The molecule has 0 spiro atoms. The van der Waals surface area contributed by atoms with Crippen LogP contribution in [0.5, 0.6) is 5.75 Å². The predicted octanol–water partition coefficient (Wildman–Crippen LogP) is 4.42. The molecular weight excluding hydrogens is 258 g/mol. The molecular formula is C19H23NO. The minimum atomic E-state index is 0.207. The van der Waals surface area contributed by atoms with Crippen molar-refractivity contribution in [1.29, 1.82) is 0 Å². The van der Waals surface area contributed by atoms with E-state index in [1.54, 1.807) is 0 Å². The lowest BCUT2D eigenvalue weighted by Crippen LogP contribution is -2.12. The van der Waals surface area contributed by atoms with Crippen molar-refractivity contribution in [2.75, 3.05) is 11.9 Å². The first-order valence-electron chi connectivity index (χ1n) is 7.82. The van der Waals surface area contributed by atoms with E-state index in [0.717, 1.165) is 18.7 Å². The lowest BCUT2D eigenvalue weighted by Gasteiger charge is -2.19. The second-order valence-corrected chi connectivity index (χ2v) is 5.97. The Labute approximate surface area is 127 Å². The summed E-state index contributed by atoms with van der Waals surface area (Å²) in [6, 6.07) is 15.1. The van der Waals surface area contributed by atoms with E-state index in [0.29, 0.717) is 0 Å². The molecule has 1 heterocycles. The van der Waals surface area contributed by atoms with Crippen molar-refractivity contribution < 1.29 is 4.74 Å². The molecule has 2 heteroatoms. The van der Waals surface area contributed by atoms with Gasteiger partial charge in [0.2, 0.25) is 0 Å². The number of nitrogens with one attached hydrogen (secondary N) is 1. The Kier molecular flexibility index (Phi) is 4.14. The van der Waals surface area contributed by atoms with Crippen LogP contribution in [0, 0.1) is 0 Å². The van der Waals surface area contributed by atoms with E-state index in [-0.39, 0.29) is 6.10 Å². The summed E-state index contributed by atoms with van der Waals surface area (Å²) in [7, 11) is 0. The number of hydrogen-bond acceptors (Lipinski definition) is 2. The monoisotopic (exact) mass is 281 g/mol. The van der Waals surface area contributed by atoms with Crippen molar-refractivity contribution in [3.63, 3.8) is 0 Å². The van der Waals surface area contributed by atoms with Crippen LogP contribution in [0.2, 0.25) is 0 Å². The maximum atomic E-state index is 5.92. The maximum Gasteiger partial charge on any atom is 0.123 e. The Morgan fingerprint density at radius 2 is 2.00 bits per heavy atom. The smallest absolute Gasteiger partial charge is 0.123 e. The fourth-order valence-corrected chi connectivity index (χ4v) is 2.88. The number of aryl methyl sites for hydroxylation is 1. The summed E-state index contributed by atoms with van der Waals surface area (Å²) in [5.74, 6) is 1.00. The lowest BCUT2D eigenvalue weighted by atomic mass is 9.97. The molecule has 0 saturated heterocycles. The summed E-state index contributed by atoms with van der Waals surface area (Å²) in [6.45, 7) is 5.24. The summed E-state index contributed by atoms with van der Waals surface area (Å²) in [5.41, 5.74) is 5.37. The summed E-state index contributed by atoms with van der Waals surface area (Å²) in [4.78, 5) is 0. The quantitative estimate of drug-likeness (QED) is 0.895. The van der Waals surface area contributed by atoms with Crippen molar-refractivity contribution in [2.24, 2.45) is 0 Å². The molecule has 2 nitrogen and oxygen atoms in total. The van der Waals surface area contributed by atoms with Crippen molar-refractivity contribution >= 4 is 5.69 Å². The Hall–Kier alpha value is -1.96. The minimum absolute atomic E-state index is 0.207. The molecule has 3 rings (SSSR count). The third kappa shape index (κ3) is 3.38. The van der Waals surface area contributed by atoms with Crippen molar-refractivity contribution in [2.45, 2.75) is 39.2 Å². The van der Waals surface area contributed by atoms with Gasteiger partial charge >= 0.3 is 0 Å². The van der Waals surface area contributed by atoms with Gasteiger partial charge in [0.1, 0.15) is 5.75 Å². The normalized spacial score (nSPS) is 13.7. The number of fused-ring (bicyclic) bond motifs is 1. The molecule has 0 fully saturated rings. The number of rotatable bonds is 4. The number of hydrogen-bond donors (Lipinski definition) is 1. The fourth-order valence-electron chi connectivity index (χ4n) is 2.88. The number of anilines is 1. The molecule has 1 N–H and O–H groups in total. The SMILES string of the molecule is CC(C)Oc1ccccc1Cc1ccc2c(c1)CCCN2. The third-order valence-electron chi connectivity index (χ3n) is 3.84. The van der Waals surface area contributed by atoms with Crippen LogP contribution in [0.25, 0.3) is 0 Å². The highest BCUT2D eigenvalue weighted by atomic mass is 16.5. The Balaban J connectivity index is 1.83. The maximum absolute atomic E-state index is 5.92. The molecule has 0 bridgehead atoms. The average molecular weight is 281 g/mol. The molecule has 21 heavy (non-hydrogen) atoms. The lowest BCUT2D eigenvalue weighted by molar-refractivity contribution is 0.240. The van der Waals surface area contributed by atoms with Crippen LogP contribution in [0.1, 0.15) is 37.0 Å². The third-order valence-corrected chi connectivity index (χ3v) is 3.84. The highest BCUT2D eigenvalue weighted by Gasteiger charge is 2.10. The largest absolute Gasteiger partial charge is 0.491 e. The van der Waals surface area contributed by atoms with Gasteiger partial charge in [-0.2, -0.15) is 0 Å². The van der Waals surface area contributed by atoms with E-state index in [1.807, 2.05) is 6.07 Å². The minimum Gasteiger partial charge on any atom is -0.491 e. The molecule has 2 aromatic rings. The molecule has 0 radical (unpaired) electrons. The van der Waals surface area contributed by atoms with Gasteiger partial charge in [-0.25, -0.2) is 0 Å².